The summed E-state index contributed by atoms with van der Waals surface area (Å²) in [6, 6.07) is 12.8. The van der Waals surface area contributed by atoms with Crippen LogP contribution in [0.1, 0.15) is 49.6 Å². The molecule has 1 saturated heterocycles. The molecule has 0 radical (unpaired) electrons. The summed E-state index contributed by atoms with van der Waals surface area (Å²) < 4.78 is 1.08. The predicted molar refractivity (Wildman–Crippen MR) is 120 cm³/mol. The number of nitrogens with one attached hydrogen (secondary N) is 2. The summed E-state index contributed by atoms with van der Waals surface area (Å²) in [5, 5.41) is 6.31. The first-order valence-corrected chi connectivity index (χ1v) is 11.3. The molecule has 4 amide bonds. The third-order valence-corrected chi connectivity index (χ3v) is 7.04. The Morgan fingerprint density at radius 2 is 2.00 bits per heavy atom. The number of carbonyl (C=O) groups is 4. The first-order valence-electron chi connectivity index (χ1n) is 10.4. The van der Waals surface area contributed by atoms with E-state index in [-0.39, 0.29) is 24.1 Å². The number of amides is 4. The number of carbonyl (C=O) groups excluding carboxylic acids is 4. The topological polar surface area (TPSA) is 95.6 Å². The lowest BCUT2D eigenvalue weighted by atomic mass is 10.0. The molecule has 1 atom stereocenters. The number of aryl methyl sites for hydroxylation is 1. The van der Waals surface area contributed by atoms with E-state index < -0.39 is 11.9 Å². The maximum Gasteiger partial charge on any atom is 0.261 e. The highest BCUT2D eigenvalue weighted by molar-refractivity contribution is 7.20. The molecule has 0 aliphatic carbocycles. The predicted octanol–water partition coefficient (Wildman–Crippen LogP) is 2.90. The largest absolute Gasteiger partial charge is 0.347 e. The molecule has 1 aromatic heterocycles. The zero-order valence-corrected chi connectivity index (χ0v) is 18.3. The fourth-order valence-electron chi connectivity index (χ4n) is 4.26. The van der Waals surface area contributed by atoms with Crippen molar-refractivity contribution in [2.75, 3.05) is 0 Å². The van der Waals surface area contributed by atoms with Crippen molar-refractivity contribution in [1.29, 1.82) is 0 Å². The SMILES string of the molecule is Cc1ccc2cc(C(=O)NCc3ccc4c(c3)CN(C3CCC(=O)NC3=O)C4=O)sc2c1. The van der Waals surface area contributed by atoms with E-state index in [0.29, 0.717) is 30.0 Å². The van der Waals surface area contributed by atoms with Crippen LogP contribution in [0, 0.1) is 6.92 Å². The van der Waals surface area contributed by atoms with Crippen molar-refractivity contribution in [2.24, 2.45) is 0 Å². The van der Waals surface area contributed by atoms with Crippen LogP contribution in [0.15, 0.2) is 42.5 Å². The van der Waals surface area contributed by atoms with Crippen LogP contribution in [0.4, 0.5) is 0 Å². The van der Waals surface area contributed by atoms with Crippen molar-refractivity contribution in [3.63, 3.8) is 0 Å². The number of rotatable bonds is 4. The smallest absolute Gasteiger partial charge is 0.261 e. The van der Waals surface area contributed by atoms with Crippen LogP contribution in [0.2, 0.25) is 0 Å². The van der Waals surface area contributed by atoms with E-state index in [1.807, 2.05) is 37.3 Å². The molecule has 32 heavy (non-hydrogen) atoms. The minimum atomic E-state index is -0.632. The number of hydrogen-bond donors (Lipinski definition) is 2. The zero-order valence-electron chi connectivity index (χ0n) is 17.4. The molecule has 7 nitrogen and oxygen atoms in total. The number of benzene rings is 2. The molecule has 0 saturated carbocycles. The second kappa shape index (κ2) is 7.87. The fraction of sp³-hybridized carbons (Fsp3) is 0.250. The molecule has 8 heteroatoms. The second-order valence-electron chi connectivity index (χ2n) is 8.23. The van der Waals surface area contributed by atoms with Crippen molar-refractivity contribution in [3.8, 4) is 0 Å². The summed E-state index contributed by atoms with van der Waals surface area (Å²) in [4.78, 5) is 51.2. The Balaban J connectivity index is 1.27. The fourth-order valence-corrected chi connectivity index (χ4v) is 5.33. The van der Waals surface area contributed by atoms with Gasteiger partial charge in [-0.1, -0.05) is 24.3 Å². The van der Waals surface area contributed by atoms with Gasteiger partial charge in [0.1, 0.15) is 6.04 Å². The van der Waals surface area contributed by atoms with Gasteiger partial charge in [0.15, 0.2) is 0 Å². The van der Waals surface area contributed by atoms with Crippen LogP contribution in [-0.4, -0.2) is 34.6 Å². The third-order valence-electron chi connectivity index (χ3n) is 5.94. The Morgan fingerprint density at radius 3 is 2.81 bits per heavy atom. The van der Waals surface area contributed by atoms with Crippen LogP contribution in [0.5, 0.6) is 0 Å². The van der Waals surface area contributed by atoms with Crippen molar-refractivity contribution in [3.05, 3.63) is 69.6 Å². The van der Waals surface area contributed by atoms with Crippen molar-refractivity contribution < 1.29 is 19.2 Å². The summed E-state index contributed by atoms with van der Waals surface area (Å²) in [6.07, 6.45) is 0.563. The van der Waals surface area contributed by atoms with Gasteiger partial charge in [-0.25, -0.2) is 0 Å². The maximum absolute atomic E-state index is 12.8. The Morgan fingerprint density at radius 1 is 1.16 bits per heavy atom. The van der Waals surface area contributed by atoms with E-state index in [9.17, 15) is 19.2 Å². The lowest BCUT2D eigenvalue weighted by molar-refractivity contribution is -0.136. The first kappa shape index (κ1) is 20.4. The Kier molecular flexibility index (Phi) is 5.01. The van der Waals surface area contributed by atoms with E-state index in [0.717, 1.165) is 26.8 Å². The van der Waals surface area contributed by atoms with Crippen LogP contribution < -0.4 is 10.6 Å². The Hall–Kier alpha value is -3.52. The van der Waals surface area contributed by atoms with Gasteiger partial charge in [-0.2, -0.15) is 0 Å². The number of nitrogens with zero attached hydrogens (tertiary/aromatic N) is 1. The standard InChI is InChI=1S/C24H21N3O4S/c1-13-2-4-15-10-20(32-19(15)8-13)23(30)25-11-14-3-5-17-16(9-14)12-27(24(17)31)18-6-7-21(28)26-22(18)29/h2-5,8-10,18H,6-7,11-12H2,1H3,(H,25,30)(H,26,28,29). The average Bonchev–Trinajstić information content (AvgIpc) is 3.33. The number of fused-ring (bicyclic) bond motifs is 2. The van der Waals surface area contributed by atoms with Crippen molar-refractivity contribution in [2.45, 2.75) is 38.9 Å². The van der Waals surface area contributed by atoms with Crippen LogP contribution in [-0.2, 0) is 22.7 Å². The second-order valence-corrected chi connectivity index (χ2v) is 9.31. The Bertz CT molecular complexity index is 1300. The summed E-state index contributed by atoms with van der Waals surface area (Å²) >= 11 is 1.47. The van der Waals surface area contributed by atoms with E-state index >= 15 is 0 Å². The van der Waals surface area contributed by atoms with Crippen LogP contribution in [0.3, 0.4) is 0 Å². The van der Waals surface area contributed by atoms with E-state index in [4.69, 9.17) is 0 Å². The van der Waals surface area contributed by atoms with E-state index in [1.165, 1.54) is 16.2 Å². The molecule has 2 aliphatic heterocycles. The van der Waals surface area contributed by atoms with Gasteiger partial charge >= 0.3 is 0 Å². The summed E-state index contributed by atoms with van der Waals surface area (Å²) in [5.74, 6) is -1.06. The minimum Gasteiger partial charge on any atom is -0.347 e. The minimum absolute atomic E-state index is 0.134. The molecule has 0 spiro atoms. The van der Waals surface area contributed by atoms with E-state index in [1.54, 1.807) is 6.07 Å². The third kappa shape index (κ3) is 3.67. The molecular formula is C24H21N3O4S. The molecule has 2 N–H and O–H groups in total. The highest BCUT2D eigenvalue weighted by Crippen LogP contribution is 2.29. The molecule has 2 aliphatic rings. The molecule has 3 aromatic rings. The molecule has 0 bridgehead atoms. The first-order chi connectivity index (χ1) is 15.4. The maximum atomic E-state index is 12.8. The van der Waals surface area contributed by atoms with Crippen molar-refractivity contribution in [1.82, 2.24) is 15.5 Å². The highest BCUT2D eigenvalue weighted by Gasteiger charge is 2.39. The monoisotopic (exact) mass is 447 g/mol. The number of piperidine rings is 1. The Labute approximate surface area is 188 Å². The number of hydrogen-bond acceptors (Lipinski definition) is 5. The molecular weight excluding hydrogens is 426 g/mol. The van der Waals surface area contributed by atoms with Gasteiger partial charge in [0.2, 0.25) is 11.8 Å². The quantitative estimate of drug-likeness (QED) is 0.601. The molecule has 5 rings (SSSR count). The summed E-state index contributed by atoms with van der Waals surface area (Å²) in [5.41, 5.74) is 3.42. The summed E-state index contributed by atoms with van der Waals surface area (Å²) in [7, 11) is 0. The normalized spacial score (nSPS) is 18.1. The number of thiophene rings is 1. The van der Waals surface area contributed by atoms with Crippen molar-refractivity contribution >= 4 is 45.1 Å². The lowest BCUT2D eigenvalue weighted by Crippen LogP contribution is -2.52. The lowest BCUT2D eigenvalue weighted by Gasteiger charge is -2.29. The van der Waals surface area contributed by atoms with Gasteiger partial charge in [-0.15, -0.1) is 11.3 Å². The molecule has 162 valence electrons. The molecule has 1 unspecified atom stereocenters. The highest BCUT2D eigenvalue weighted by atomic mass is 32.1. The van der Waals surface area contributed by atoms with Crippen LogP contribution >= 0.6 is 11.3 Å². The number of imide groups is 1. The van der Waals surface area contributed by atoms with Gasteiger partial charge < -0.3 is 10.2 Å². The molecule has 1 fully saturated rings. The zero-order chi connectivity index (χ0) is 22.4. The molecule has 3 heterocycles. The van der Waals surface area contributed by atoms with Gasteiger partial charge in [-0.3, -0.25) is 24.5 Å². The summed E-state index contributed by atoms with van der Waals surface area (Å²) in [6.45, 7) is 2.68. The van der Waals surface area contributed by atoms with Gasteiger partial charge in [0.05, 0.1) is 4.88 Å². The van der Waals surface area contributed by atoms with E-state index in [2.05, 4.69) is 16.7 Å². The van der Waals surface area contributed by atoms with Gasteiger partial charge in [-0.05, 0) is 53.6 Å². The average molecular weight is 448 g/mol. The molecule has 2 aromatic carbocycles. The van der Waals surface area contributed by atoms with Crippen LogP contribution in [0.25, 0.3) is 10.1 Å². The van der Waals surface area contributed by atoms with Gasteiger partial charge in [0.25, 0.3) is 11.8 Å². The van der Waals surface area contributed by atoms with Gasteiger partial charge in [0, 0.05) is 29.8 Å².